The summed E-state index contributed by atoms with van der Waals surface area (Å²) in [6.45, 7) is 2.84. The van der Waals surface area contributed by atoms with Crippen LogP contribution in [0.1, 0.15) is 34.5 Å². The van der Waals surface area contributed by atoms with Gasteiger partial charge in [0.2, 0.25) is 0 Å². The van der Waals surface area contributed by atoms with Crippen molar-refractivity contribution in [3.63, 3.8) is 0 Å². The maximum atomic E-state index is 11.8. The Labute approximate surface area is 154 Å². The van der Waals surface area contributed by atoms with E-state index >= 15 is 0 Å². The van der Waals surface area contributed by atoms with Crippen LogP contribution in [-0.4, -0.2) is 20.1 Å². The fourth-order valence-electron chi connectivity index (χ4n) is 3.20. The number of carbonyl (C=O) groups excluding carboxylic acids is 1. The van der Waals surface area contributed by atoms with E-state index in [1.807, 2.05) is 42.5 Å². The number of hydrogen-bond acceptors (Lipinski definition) is 3. The van der Waals surface area contributed by atoms with E-state index in [-0.39, 0.29) is 11.9 Å². The second kappa shape index (κ2) is 8.02. The molecule has 0 aliphatic rings. The SMILES string of the molecule is CNC(=O)c1cccc(CNC(C)c2ccc(OC)c3ccccc23)c1. The van der Waals surface area contributed by atoms with E-state index in [1.54, 1.807) is 14.2 Å². The molecule has 0 fully saturated rings. The first-order chi connectivity index (χ1) is 12.6. The summed E-state index contributed by atoms with van der Waals surface area (Å²) in [4.78, 5) is 11.8. The van der Waals surface area contributed by atoms with Crippen LogP contribution in [0.2, 0.25) is 0 Å². The lowest BCUT2D eigenvalue weighted by Gasteiger charge is -2.18. The molecule has 2 N–H and O–H groups in total. The van der Waals surface area contributed by atoms with Gasteiger partial charge in [0, 0.05) is 30.6 Å². The van der Waals surface area contributed by atoms with Crippen LogP contribution in [0.4, 0.5) is 0 Å². The molecule has 0 bridgehead atoms. The third-order valence-corrected chi connectivity index (χ3v) is 4.63. The van der Waals surface area contributed by atoms with Crippen LogP contribution in [0, 0.1) is 0 Å². The first-order valence-electron chi connectivity index (χ1n) is 8.74. The Kier molecular flexibility index (Phi) is 5.54. The summed E-state index contributed by atoms with van der Waals surface area (Å²) in [5.41, 5.74) is 2.98. The number of amides is 1. The van der Waals surface area contributed by atoms with Crippen molar-refractivity contribution in [1.82, 2.24) is 10.6 Å². The van der Waals surface area contributed by atoms with E-state index in [4.69, 9.17) is 4.74 Å². The van der Waals surface area contributed by atoms with Crippen LogP contribution in [0.5, 0.6) is 5.75 Å². The van der Waals surface area contributed by atoms with E-state index in [2.05, 4.69) is 35.8 Å². The largest absolute Gasteiger partial charge is 0.496 e. The minimum Gasteiger partial charge on any atom is -0.496 e. The van der Waals surface area contributed by atoms with Crippen molar-refractivity contribution in [3.05, 3.63) is 77.4 Å². The van der Waals surface area contributed by atoms with Gasteiger partial charge in [0.25, 0.3) is 5.91 Å². The minimum absolute atomic E-state index is 0.0685. The molecule has 0 radical (unpaired) electrons. The molecule has 26 heavy (non-hydrogen) atoms. The van der Waals surface area contributed by atoms with Gasteiger partial charge in [-0.15, -0.1) is 0 Å². The van der Waals surface area contributed by atoms with Gasteiger partial charge in [-0.2, -0.15) is 0 Å². The van der Waals surface area contributed by atoms with Crippen molar-refractivity contribution in [2.45, 2.75) is 19.5 Å². The van der Waals surface area contributed by atoms with Crippen LogP contribution in [0.15, 0.2) is 60.7 Å². The number of hydrogen-bond donors (Lipinski definition) is 2. The van der Waals surface area contributed by atoms with Crippen LogP contribution in [0.3, 0.4) is 0 Å². The van der Waals surface area contributed by atoms with E-state index in [0.717, 1.165) is 16.7 Å². The van der Waals surface area contributed by atoms with Gasteiger partial charge in [-0.05, 0) is 41.6 Å². The first-order valence-corrected chi connectivity index (χ1v) is 8.74. The van der Waals surface area contributed by atoms with E-state index < -0.39 is 0 Å². The van der Waals surface area contributed by atoms with E-state index in [9.17, 15) is 4.79 Å². The first kappa shape index (κ1) is 18.0. The molecule has 0 aliphatic carbocycles. The summed E-state index contributed by atoms with van der Waals surface area (Å²) in [7, 11) is 3.34. The zero-order chi connectivity index (χ0) is 18.5. The van der Waals surface area contributed by atoms with Crippen molar-refractivity contribution in [3.8, 4) is 5.75 Å². The van der Waals surface area contributed by atoms with Crippen LogP contribution in [0.25, 0.3) is 10.8 Å². The molecule has 4 nitrogen and oxygen atoms in total. The molecule has 4 heteroatoms. The number of fused-ring (bicyclic) bond motifs is 1. The zero-order valence-corrected chi connectivity index (χ0v) is 15.4. The van der Waals surface area contributed by atoms with Crippen molar-refractivity contribution in [2.75, 3.05) is 14.2 Å². The molecule has 134 valence electrons. The monoisotopic (exact) mass is 348 g/mol. The summed E-state index contributed by atoms with van der Waals surface area (Å²) in [5.74, 6) is 0.816. The molecule has 0 spiro atoms. The van der Waals surface area contributed by atoms with Crippen LogP contribution in [-0.2, 0) is 6.54 Å². The minimum atomic E-state index is -0.0685. The topological polar surface area (TPSA) is 50.4 Å². The molecule has 1 amide bonds. The van der Waals surface area contributed by atoms with Crippen molar-refractivity contribution < 1.29 is 9.53 Å². The number of benzene rings is 3. The Morgan fingerprint density at radius 1 is 1.04 bits per heavy atom. The molecule has 3 rings (SSSR count). The zero-order valence-electron chi connectivity index (χ0n) is 15.4. The predicted octanol–water partition coefficient (Wildman–Crippen LogP) is 4.06. The van der Waals surface area contributed by atoms with Crippen LogP contribution >= 0.6 is 0 Å². The molecule has 1 atom stereocenters. The third-order valence-electron chi connectivity index (χ3n) is 4.63. The molecule has 0 aromatic heterocycles. The van der Waals surface area contributed by atoms with Crippen LogP contribution < -0.4 is 15.4 Å². The highest BCUT2D eigenvalue weighted by Gasteiger charge is 2.12. The smallest absolute Gasteiger partial charge is 0.251 e. The summed E-state index contributed by atoms with van der Waals surface area (Å²) in [6, 6.07) is 20.2. The molecular formula is C22H24N2O2. The normalized spacial score (nSPS) is 12.0. The average molecular weight is 348 g/mol. The Bertz CT molecular complexity index is 921. The number of rotatable bonds is 6. The van der Waals surface area contributed by atoms with E-state index in [1.165, 1.54) is 10.9 Å². The van der Waals surface area contributed by atoms with Gasteiger partial charge in [0.05, 0.1) is 7.11 Å². The summed E-state index contributed by atoms with van der Waals surface area (Å²) < 4.78 is 5.48. The maximum absolute atomic E-state index is 11.8. The van der Waals surface area contributed by atoms with Gasteiger partial charge < -0.3 is 15.4 Å². The third kappa shape index (κ3) is 3.70. The molecule has 3 aromatic carbocycles. The van der Waals surface area contributed by atoms with Crippen molar-refractivity contribution in [2.24, 2.45) is 0 Å². The number of carbonyl (C=O) groups is 1. The fraction of sp³-hybridized carbons (Fsp3) is 0.227. The number of methoxy groups -OCH3 is 1. The van der Waals surface area contributed by atoms with Gasteiger partial charge in [-0.1, -0.05) is 42.5 Å². The Morgan fingerprint density at radius 3 is 2.54 bits per heavy atom. The highest BCUT2D eigenvalue weighted by Crippen LogP contribution is 2.31. The molecular weight excluding hydrogens is 324 g/mol. The fourth-order valence-corrected chi connectivity index (χ4v) is 3.20. The maximum Gasteiger partial charge on any atom is 0.251 e. The Balaban J connectivity index is 1.80. The number of ether oxygens (including phenoxy) is 1. The molecule has 1 unspecified atom stereocenters. The van der Waals surface area contributed by atoms with Crippen molar-refractivity contribution in [1.29, 1.82) is 0 Å². The quantitative estimate of drug-likeness (QED) is 0.706. The van der Waals surface area contributed by atoms with Crippen molar-refractivity contribution >= 4 is 16.7 Å². The lowest BCUT2D eigenvalue weighted by atomic mass is 9.98. The molecule has 0 saturated heterocycles. The second-order valence-electron chi connectivity index (χ2n) is 6.28. The second-order valence-corrected chi connectivity index (χ2v) is 6.28. The number of nitrogens with one attached hydrogen (secondary N) is 2. The highest BCUT2D eigenvalue weighted by molar-refractivity contribution is 5.94. The van der Waals surface area contributed by atoms with Gasteiger partial charge >= 0.3 is 0 Å². The molecule has 0 saturated carbocycles. The summed E-state index contributed by atoms with van der Waals surface area (Å²) in [5, 5.41) is 8.52. The Hall–Kier alpha value is -2.85. The Morgan fingerprint density at radius 2 is 1.81 bits per heavy atom. The molecule has 0 heterocycles. The molecule has 3 aromatic rings. The summed E-state index contributed by atoms with van der Waals surface area (Å²) in [6.07, 6.45) is 0. The summed E-state index contributed by atoms with van der Waals surface area (Å²) >= 11 is 0. The highest BCUT2D eigenvalue weighted by atomic mass is 16.5. The van der Waals surface area contributed by atoms with E-state index in [0.29, 0.717) is 12.1 Å². The lowest BCUT2D eigenvalue weighted by molar-refractivity contribution is 0.0963. The standard InChI is InChI=1S/C22H24N2O2/c1-15(24-14-16-7-6-8-17(13-16)22(25)23-2)18-11-12-21(26-3)20-10-5-4-9-19(18)20/h4-13,15,24H,14H2,1-3H3,(H,23,25). The van der Waals surface area contributed by atoms with Gasteiger partial charge in [0.1, 0.15) is 5.75 Å². The van der Waals surface area contributed by atoms with Gasteiger partial charge in [-0.3, -0.25) is 4.79 Å². The van der Waals surface area contributed by atoms with Gasteiger partial charge in [-0.25, -0.2) is 0 Å². The predicted molar refractivity (Wildman–Crippen MR) is 106 cm³/mol. The molecule has 0 aliphatic heterocycles. The van der Waals surface area contributed by atoms with Gasteiger partial charge in [0.15, 0.2) is 0 Å². The average Bonchev–Trinajstić information content (AvgIpc) is 2.70. The lowest BCUT2D eigenvalue weighted by Crippen LogP contribution is -2.20.